The second-order valence-electron chi connectivity index (χ2n) is 5.56. The number of ketones is 1. The quantitative estimate of drug-likeness (QED) is 0.794. The number of carbonyl (C=O) groups is 1. The van der Waals surface area contributed by atoms with Gasteiger partial charge in [-0.2, -0.15) is 0 Å². The molecule has 0 saturated carbocycles. The maximum absolute atomic E-state index is 12.2. The summed E-state index contributed by atoms with van der Waals surface area (Å²) in [4.78, 5) is 12.2. The van der Waals surface area contributed by atoms with E-state index in [-0.39, 0.29) is 5.78 Å². The molecule has 1 aliphatic rings. The van der Waals surface area contributed by atoms with Crippen LogP contribution in [0.5, 0.6) is 11.5 Å². The van der Waals surface area contributed by atoms with Gasteiger partial charge >= 0.3 is 0 Å². The number of methoxy groups -OCH3 is 1. The second-order valence-corrected chi connectivity index (χ2v) is 5.56. The Kier molecular flexibility index (Phi) is 4.42. The van der Waals surface area contributed by atoms with Gasteiger partial charge in [0.1, 0.15) is 6.61 Å². The lowest BCUT2D eigenvalue weighted by atomic mass is 10.0. The highest BCUT2D eigenvalue weighted by atomic mass is 16.5. The van der Waals surface area contributed by atoms with Crippen LogP contribution in [0.15, 0.2) is 42.5 Å². The average Bonchev–Trinajstić information content (AvgIpc) is 2.74. The van der Waals surface area contributed by atoms with Crippen LogP contribution in [0.25, 0.3) is 0 Å². The van der Waals surface area contributed by atoms with Crippen molar-refractivity contribution in [3.63, 3.8) is 0 Å². The van der Waals surface area contributed by atoms with E-state index in [9.17, 15) is 4.79 Å². The Morgan fingerprint density at radius 1 is 1.00 bits per heavy atom. The first-order valence-corrected chi connectivity index (χ1v) is 7.69. The van der Waals surface area contributed by atoms with Gasteiger partial charge in [-0.25, -0.2) is 0 Å². The molecule has 2 aromatic carbocycles. The van der Waals surface area contributed by atoms with Crippen LogP contribution >= 0.6 is 0 Å². The Morgan fingerprint density at radius 2 is 1.77 bits per heavy atom. The van der Waals surface area contributed by atoms with Gasteiger partial charge in [0.05, 0.1) is 7.11 Å². The highest BCUT2D eigenvalue weighted by Gasteiger charge is 2.19. The fourth-order valence-corrected chi connectivity index (χ4v) is 2.81. The minimum absolute atomic E-state index is 0.208. The summed E-state index contributed by atoms with van der Waals surface area (Å²) in [6, 6.07) is 13.8. The van der Waals surface area contributed by atoms with Gasteiger partial charge in [0.2, 0.25) is 0 Å². The van der Waals surface area contributed by atoms with Crippen LogP contribution in [0.4, 0.5) is 0 Å². The summed E-state index contributed by atoms with van der Waals surface area (Å²) in [6.45, 7) is 0.462. The maximum Gasteiger partial charge on any atom is 0.163 e. The highest BCUT2D eigenvalue weighted by Crippen LogP contribution is 2.34. The summed E-state index contributed by atoms with van der Waals surface area (Å²) >= 11 is 0. The number of carbonyl (C=O) groups excluding carboxylic acids is 1. The van der Waals surface area contributed by atoms with E-state index >= 15 is 0 Å². The van der Waals surface area contributed by atoms with Crippen LogP contribution in [0.3, 0.4) is 0 Å². The maximum atomic E-state index is 12.2. The normalized spacial score (nSPS) is 14.1. The molecule has 0 radical (unpaired) electrons. The Labute approximate surface area is 130 Å². The fourth-order valence-electron chi connectivity index (χ4n) is 2.81. The predicted octanol–water partition coefficient (Wildman–Crippen LogP) is 4.18. The van der Waals surface area contributed by atoms with Crippen molar-refractivity contribution < 1.29 is 14.3 Å². The van der Waals surface area contributed by atoms with Crippen LogP contribution in [-0.4, -0.2) is 12.9 Å². The molecular formula is C19H20O3. The van der Waals surface area contributed by atoms with Crippen LogP contribution in [-0.2, 0) is 13.0 Å². The number of Topliss-reactive ketones (excluding diaryl/α,β-unsaturated/α-hetero) is 1. The SMILES string of the molecule is COc1cc2c(cc1OCc1ccccc1)C(=O)CCCC2. The largest absolute Gasteiger partial charge is 0.493 e. The highest BCUT2D eigenvalue weighted by molar-refractivity contribution is 5.98. The monoisotopic (exact) mass is 296 g/mol. The first-order chi connectivity index (χ1) is 10.8. The van der Waals surface area contributed by atoms with Crippen molar-refractivity contribution in [2.75, 3.05) is 7.11 Å². The van der Waals surface area contributed by atoms with Crippen molar-refractivity contribution in [1.29, 1.82) is 0 Å². The van der Waals surface area contributed by atoms with E-state index in [0.29, 0.717) is 24.5 Å². The van der Waals surface area contributed by atoms with Gasteiger partial charge in [-0.3, -0.25) is 4.79 Å². The lowest BCUT2D eigenvalue weighted by Gasteiger charge is -2.14. The standard InChI is InChI=1S/C19H20O3/c1-21-18-11-15-9-5-6-10-17(20)16(15)12-19(18)22-13-14-7-3-2-4-8-14/h2-4,7-8,11-12H,5-6,9-10,13H2,1H3. The molecule has 22 heavy (non-hydrogen) atoms. The Hall–Kier alpha value is -2.29. The van der Waals surface area contributed by atoms with Crippen molar-refractivity contribution in [1.82, 2.24) is 0 Å². The third-order valence-electron chi connectivity index (χ3n) is 4.03. The third-order valence-corrected chi connectivity index (χ3v) is 4.03. The Morgan fingerprint density at radius 3 is 2.55 bits per heavy atom. The van der Waals surface area contributed by atoms with E-state index in [0.717, 1.165) is 36.0 Å². The molecule has 0 unspecified atom stereocenters. The van der Waals surface area contributed by atoms with Crippen molar-refractivity contribution in [2.45, 2.75) is 32.3 Å². The van der Waals surface area contributed by atoms with E-state index in [4.69, 9.17) is 9.47 Å². The number of ether oxygens (including phenoxy) is 2. The summed E-state index contributed by atoms with van der Waals surface area (Å²) in [6.07, 6.45) is 3.55. The Bertz CT molecular complexity index is 662. The summed E-state index contributed by atoms with van der Waals surface area (Å²) in [5.74, 6) is 1.55. The summed E-state index contributed by atoms with van der Waals surface area (Å²) in [5.41, 5.74) is 2.96. The van der Waals surface area contributed by atoms with Crippen molar-refractivity contribution in [3.8, 4) is 11.5 Å². The van der Waals surface area contributed by atoms with Crippen LogP contribution < -0.4 is 9.47 Å². The molecule has 3 rings (SSSR count). The number of rotatable bonds is 4. The van der Waals surface area contributed by atoms with Crippen LogP contribution in [0.1, 0.15) is 40.7 Å². The van der Waals surface area contributed by atoms with Crippen LogP contribution in [0.2, 0.25) is 0 Å². The number of fused-ring (bicyclic) bond motifs is 1. The van der Waals surface area contributed by atoms with Crippen molar-refractivity contribution in [3.05, 3.63) is 59.2 Å². The number of hydrogen-bond donors (Lipinski definition) is 0. The summed E-state index contributed by atoms with van der Waals surface area (Å²) < 4.78 is 11.3. The zero-order chi connectivity index (χ0) is 15.4. The molecule has 3 nitrogen and oxygen atoms in total. The van der Waals surface area contributed by atoms with E-state index < -0.39 is 0 Å². The molecule has 0 aromatic heterocycles. The predicted molar refractivity (Wildman–Crippen MR) is 85.7 cm³/mol. The van der Waals surface area contributed by atoms with Gasteiger partial charge in [0, 0.05) is 12.0 Å². The van der Waals surface area contributed by atoms with Gasteiger partial charge in [0.25, 0.3) is 0 Å². The summed E-state index contributed by atoms with van der Waals surface area (Å²) in [5, 5.41) is 0. The van der Waals surface area contributed by atoms with E-state index in [1.165, 1.54) is 0 Å². The number of aryl methyl sites for hydroxylation is 1. The molecular weight excluding hydrogens is 276 g/mol. The van der Waals surface area contributed by atoms with Gasteiger partial charge in [-0.1, -0.05) is 30.3 Å². The van der Waals surface area contributed by atoms with Crippen molar-refractivity contribution >= 4 is 5.78 Å². The molecule has 0 aliphatic heterocycles. The second kappa shape index (κ2) is 6.65. The molecule has 0 atom stereocenters. The molecule has 0 heterocycles. The molecule has 0 N–H and O–H groups in total. The zero-order valence-electron chi connectivity index (χ0n) is 12.8. The number of benzene rings is 2. The van der Waals surface area contributed by atoms with E-state index in [1.54, 1.807) is 7.11 Å². The molecule has 0 saturated heterocycles. The number of hydrogen-bond acceptors (Lipinski definition) is 3. The molecule has 0 bridgehead atoms. The zero-order valence-corrected chi connectivity index (χ0v) is 12.8. The van der Waals surface area contributed by atoms with E-state index in [2.05, 4.69) is 0 Å². The van der Waals surface area contributed by atoms with Gasteiger partial charge in [-0.15, -0.1) is 0 Å². The third kappa shape index (κ3) is 3.14. The van der Waals surface area contributed by atoms with Gasteiger partial charge < -0.3 is 9.47 Å². The molecule has 114 valence electrons. The van der Waals surface area contributed by atoms with Crippen molar-refractivity contribution in [2.24, 2.45) is 0 Å². The molecule has 0 spiro atoms. The van der Waals surface area contributed by atoms with Gasteiger partial charge in [0.15, 0.2) is 17.3 Å². The smallest absolute Gasteiger partial charge is 0.163 e. The summed E-state index contributed by atoms with van der Waals surface area (Å²) in [7, 11) is 1.63. The molecule has 0 fully saturated rings. The Balaban J connectivity index is 1.88. The van der Waals surface area contributed by atoms with E-state index in [1.807, 2.05) is 42.5 Å². The fraction of sp³-hybridized carbons (Fsp3) is 0.316. The molecule has 1 aliphatic carbocycles. The first kappa shape index (κ1) is 14.6. The van der Waals surface area contributed by atoms with Gasteiger partial charge in [-0.05, 0) is 42.5 Å². The molecule has 3 heteroatoms. The average molecular weight is 296 g/mol. The van der Waals surface area contributed by atoms with Crippen LogP contribution in [0, 0.1) is 0 Å². The lowest BCUT2D eigenvalue weighted by Crippen LogP contribution is -2.04. The molecule has 0 amide bonds. The topological polar surface area (TPSA) is 35.5 Å². The minimum Gasteiger partial charge on any atom is -0.493 e. The minimum atomic E-state index is 0.208. The first-order valence-electron chi connectivity index (χ1n) is 7.69. The lowest BCUT2D eigenvalue weighted by molar-refractivity contribution is 0.0981. The molecule has 2 aromatic rings.